The fourth-order valence-electron chi connectivity index (χ4n) is 1.43. The van der Waals surface area contributed by atoms with Gasteiger partial charge < -0.3 is 10.3 Å². The zero-order valence-corrected chi connectivity index (χ0v) is 7.57. The molecule has 0 spiro atoms. The number of aromatic nitrogens is 3. The number of nitrogens with zero attached hydrogens (tertiary/aromatic N) is 3. The van der Waals surface area contributed by atoms with Crippen molar-refractivity contribution in [2.75, 3.05) is 6.54 Å². The van der Waals surface area contributed by atoms with Crippen LogP contribution in [0.3, 0.4) is 0 Å². The molecule has 0 saturated carbocycles. The van der Waals surface area contributed by atoms with E-state index in [2.05, 4.69) is 9.97 Å². The first kappa shape index (κ1) is 8.19. The second-order valence-corrected chi connectivity index (χ2v) is 2.97. The summed E-state index contributed by atoms with van der Waals surface area (Å²) < 4.78 is 2.04. The number of aryl methyl sites for hydroxylation is 1. The van der Waals surface area contributed by atoms with Crippen LogP contribution in [0.5, 0.6) is 0 Å². The molecule has 2 aromatic heterocycles. The first-order valence-corrected chi connectivity index (χ1v) is 4.29. The first-order chi connectivity index (χ1) is 6.33. The van der Waals surface area contributed by atoms with E-state index in [4.69, 9.17) is 5.73 Å². The summed E-state index contributed by atoms with van der Waals surface area (Å²) in [5.74, 6) is 0.996. The lowest BCUT2D eigenvalue weighted by molar-refractivity contribution is 0.794. The van der Waals surface area contributed by atoms with Gasteiger partial charge in [-0.15, -0.1) is 0 Å². The summed E-state index contributed by atoms with van der Waals surface area (Å²) in [4.78, 5) is 8.55. The Bertz CT molecular complexity index is 418. The average Bonchev–Trinajstić information content (AvgIpc) is 2.46. The summed E-state index contributed by atoms with van der Waals surface area (Å²) in [7, 11) is 1.99. The highest BCUT2D eigenvalue weighted by atomic mass is 15.1. The van der Waals surface area contributed by atoms with Crippen molar-refractivity contribution in [2.24, 2.45) is 12.8 Å². The minimum Gasteiger partial charge on any atom is -0.330 e. The number of nitrogens with two attached hydrogens (primary N) is 1. The minimum absolute atomic E-state index is 0.622. The quantitative estimate of drug-likeness (QED) is 0.723. The van der Waals surface area contributed by atoms with Gasteiger partial charge in [-0.3, -0.25) is 0 Å². The molecule has 2 N–H and O–H groups in total. The molecule has 68 valence electrons. The standard InChI is InChI=1S/C9H12N4/c1-13-7-3-2-6-11-9(7)12-8(13)4-5-10/h2-3,6H,4-5,10H2,1H3. The van der Waals surface area contributed by atoms with E-state index in [1.165, 1.54) is 0 Å². The number of pyridine rings is 1. The zero-order valence-electron chi connectivity index (χ0n) is 7.57. The highest BCUT2D eigenvalue weighted by Gasteiger charge is 2.05. The molecular formula is C9H12N4. The van der Waals surface area contributed by atoms with Gasteiger partial charge in [-0.1, -0.05) is 0 Å². The van der Waals surface area contributed by atoms with E-state index in [0.29, 0.717) is 6.54 Å². The molecule has 4 nitrogen and oxygen atoms in total. The van der Waals surface area contributed by atoms with E-state index < -0.39 is 0 Å². The monoisotopic (exact) mass is 176 g/mol. The maximum absolute atomic E-state index is 5.48. The molecule has 0 unspecified atom stereocenters. The Morgan fingerprint density at radius 3 is 3.08 bits per heavy atom. The van der Waals surface area contributed by atoms with Gasteiger partial charge in [-0.2, -0.15) is 0 Å². The molecule has 0 fully saturated rings. The summed E-state index contributed by atoms with van der Waals surface area (Å²) in [5, 5.41) is 0. The Morgan fingerprint density at radius 1 is 1.54 bits per heavy atom. The maximum Gasteiger partial charge on any atom is 0.177 e. The van der Waals surface area contributed by atoms with Gasteiger partial charge in [0.15, 0.2) is 5.65 Å². The summed E-state index contributed by atoms with van der Waals surface area (Å²) in [5.41, 5.74) is 7.34. The summed E-state index contributed by atoms with van der Waals surface area (Å²) in [6, 6.07) is 3.92. The van der Waals surface area contributed by atoms with Crippen LogP contribution in [0.1, 0.15) is 5.82 Å². The molecule has 0 saturated heterocycles. The van der Waals surface area contributed by atoms with Gasteiger partial charge in [0.25, 0.3) is 0 Å². The third-order valence-corrected chi connectivity index (χ3v) is 2.12. The lowest BCUT2D eigenvalue weighted by atomic mass is 10.4. The molecular weight excluding hydrogens is 164 g/mol. The van der Waals surface area contributed by atoms with E-state index in [9.17, 15) is 0 Å². The van der Waals surface area contributed by atoms with Crippen molar-refractivity contribution in [2.45, 2.75) is 6.42 Å². The number of hydrogen-bond donors (Lipinski definition) is 1. The highest BCUT2D eigenvalue weighted by molar-refractivity contribution is 5.71. The van der Waals surface area contributed by atoms with Crippen LogP contribution in [-0.4, -0.2) is 21.1 Å². The first-order valence-electron chi connectivity index (χ1n) is 4.29. The summed E-state index contributed by atoms with van der Waals surface area (Å²) in [6.45, 7) is 0.622. The topological polar surface area (TPSA) is 56.7 Å². The van der Waals surface area contributed by atoms with Crippen molar-refractivity contribution in [3.8, 4) is 0 Å². The molecule has 0 aliphatic carbocycles. The van der Waals surface area contributed by atoms with E-state index in [0.717, 1.165) is 23.4 Å². The predicted octanol–water partition coefficient (Wildman–Crippen LogP) is 0.469. The van der Waals surface area contributed by atoms with Crippen LogP contribution in [0.4, 0.5) is 0 Å². The predicted molar refractivity (Wildman–Crippen MR) is 51.3 cm³/mol. The van der Waals surface area contributed by atoms with Crippen molar-refractivity contribution in [1.82, 2.24) is 14.5 Å². The lowest BCUT2D eigenvalue weighted by Gasteiger charge is -1.98. The van der Waals surface area contributed by atoms with Crippen LogP contribution in [0.15, 0.2) is 18.3 Å². The zero-order chi connectivity index (χ0) is 9.26. The smallest absolute Gasteiger partial charge is 0.177 e. The van der Waals surface area contributed by atoms with E-state index in [-0.39, 0.29) is 0 Å². The largest absolute Gasteiger partial charge is 0.330 e. The fraction of sp³-hybridized carbons (Fsp3) is 0.333. The summed E-state index contributed by atoms with van der Waals surface area (Å²) >= 11 is 0. The van der Waals surface area contributed by atoms with Crippen LogP contribution in [0.25, 0.3) is 11.2 Å². The molecule has 0 aliphatic rings. The van der Waals surface area contributed by atoms with Gasteiger partial charge in [0, 0.05) is 19.7 Å². The van der Waals surface area contributed by atoms with Crippen LogP contribution in [0, 0.1) is 0 Å². The van der Waals surface area contributed by atoms with Gasteiger partial charge in [-0.05, 0) is 18.7 Å². The Labute approximate surface area is 76.4 Å². The molecule has 0 aromatic carbocycles. The van der Waals surface area contributed by atoms with Crippen LogP contribution >= 0.6 is 0 Å². The van der Waals surface area contributed by atoms with Gasteiger partial charge in [-0.25, -0.2) is 9.97 Å². The number of rotatable bonds is 2. The van der Waals surface area contributed by atoms with Crippen molar-refractivity contribution in [1.29, 1.82) is 0 Å². The molecule has 0 atom stereocenters. The minimum atomic E-state index is 0.622. The Balaban J connectivity index is 2.60. The molecule has 0 aliphatic heterocycles. The SMILES string of the molecule is Cn1c(CCN)nc2ncccc21. The van der Waals surface area contributed by atoms with Crippen molar-refractivity contribution in [3.05, 3.63) is 24.2 Å². The number of fused-ring (bicyclic) bond motifs is 1. The second kappa shape index (κ2) is 3.14. The maximum atomic E-state index is 5.48. The Kier molecular flexibility index (Phi) is 1.98. The molecule has 0 amide bonds. The molecule has 2 heterocycles. The van der Waals surface area contributed by atoms with Gasteiger partial charge in [0.2, 0.25) is 0 Å². The second-order valence-electron chi connectivity index (χ2n) is 2.97. The van der Waals surface area contributed by atoms with E-state index >= 15 is 0 Å². The van der Waals surface area contributed by atoms with Crippen LogP contribution in [0.2, 0.25) is 0 Å². The van der Waals surface area contributed by atoms with Crippen LogP contribution < -0.4 is 5.73 Å². The normalized spacial score (nSPS) is 10.9. The summed E-state index contributed by atoms with van der Waals surface area (Å²) in [6.07, 6.45) is 2.55. The fourth-order valence-corrected chi connectivity index (χ4v) is 1.43. The van der Waals surface area contributed by atoms with E-state index in [1.54, 1.807) is 6.20 Å². The van der Waals surface area contributed by atoms with Crippen molar-refractivity contribution < 1.29 is 0 Å². The Morgan fingerprint density at radius 2 is 2.38 bits per heavy atom. The van der Waals surface area contributed by atoms with E-state index in [1.807, 2.05) is 23.7 Å². The number of imidazole rings is 1. The molecule has 2 aromatic rings. The molecule has 0 radical (unpaired) electrons. The third-order valence-electron chi connectivity index (χ3n) is 2.12. The molecule has 13 heavy (non-hydrogen) atoms. The van der Waals surface area contributed by atoms with Gasteiger partial charge in [0.05, 0.1) is 5.52 Å². The van der Waals surface area contributed by atoms with Crippen LogP contribution in [-0.2, 0) is 13.5 Å². The van der Waals surface area contributed by atoms with Gasteiger partial charge >= 0.3 is 0 Å². The van der Waals surface area contributed by atoms with Gasteiger partial charge in [0.1, 0.15) is 5.82 Å². The van der Waals surface area contributed by atoms with Crippen molar-refractivity contribution >= 4 is 11.2 Å². The van der Waals surface area contributed by atoms with Crippen molar-refractivity contribution in [3.63, 3.8) is 0 Å². The lowest BCUT2D eigenvalue weighted by Crippen LogP contribution is -2.07. The number of hydrogen-bond acceptors (Lipinski definition) is 3. The third kappa shape index (κ3) is 1.29. The molecule has 4 heteroatoms. The molecule has 2 rings (SSSR count). The average molecular weight is 176 g/mol. The molecule has 0 bridgehead atoms. The highest BCUT2D eigenvalue weighted by Crippen LogP contribution is 2.11. The Hall–Kier alpha value is -1.42.